The van der Waals surface area contributed by atoms with E-state index in [1.807, 2.05) is 31.2 Å². The smallest absolute Gasteiger partial charge is 0.315 e. The summed E-state index contributed by atoms with van der Waals surface area (Å²) in [5, 5.41) is 5.44. The van der Waals surface area contributed by atoms with Crippen LogP contribution in [0, 0.1) is 6.92 Å². The summed E-state index contributed by atoms with van der Waals surface area (Å²) in [6, 6.07) is 7.76. The summed E-state index contributed by atoms with van der Waals surface area (Å²) < 4.78 is 9.93. The zero-order valence-electron chi connectivity index (χ0n) is 11.0. The molecule has 2 N–H and O–H groups in total. The molecule has 0 bridgehead atoms. The summed E-state index contributed by atoms with van der Waals surface area (Å²) in [6.45, 7) is 2.83. The van der Waals surface area contributed by atoms with Crippen LogP contribution in [0.2, 0.25) is 0 Å². The van der Waals surface area contributed by atoms with E-state index in [4.69, 9.17) is 9.47 Å². The van der Waals surface area contributed by atoms with Gasteiger partial charge in [-0.25, -0.2) is 4.79 Å². The van der Waals surface area contributed by atoms with E-state index in [2.05, 4.69) is 10.6 Å². The molecule has 0 saturated carbocycles. The molecule has 1 aromatic rings. The molecule has 0 aliphatic carbocycles. The van der Waals surface area contributed by atoms with Gasteiger partial charge in [-0.2, -0.15) is 0 Å². The fourth-order valence-corrected chi connectivity index (χ4v) is 1.51. The van der Waals surface area contributed by atoms with E-state index in [-0.39, 0.29) is 6.03 Å². The first-order valence-electron chi connectivity index (χ1n) is 5.78. The molecule has 0 saturated heterocycles. The Morgan fingerprint density at radius 3 is 2.61 bits per heavy atom. The van der Waals surface area contributed by atoms with Gasteiger partial charge in [-0.1, -0.05) is 29.8 Å². The minimum Gasteiger partial charge on any atom is -0.354 e. The second-order valence-corrected chi connectivity index (χ2v) is 3.95. The second kappa shape index (κ2) is 7.68. The molecule has 0 aromatic heterocycles. The highest BCUT2D eigenvalue weighted by molar-refractivity contribution is 5.73. The van der Waals surface area contributed by atoms with Crippen molar-refractivity contribution in [3.63, 3.8) is 0 Å². The van der Waals surface area contributed by atoms with Gasteiger partial charge in [-0.15, -0.1) is 0 Å². The maximum Gasteiger partial charge on any atom is 0.315 e. The number of carbonyl (C=O) groups excluding carboxylic acids is 1. The van der Waals surface area contributed by atoms with E-state index in [9.17, 15) is 4.79 Å². The Labute approximate surface area is 107 Å². The van der Waals surface area contributed by atoms with E-state index in [1.165, 1.54) is 19.8 Å². The quantitative estimate of drug-likeness (QED) is 0.753. The minimum atomic E-state index is -0.422. The normalized spacial score (nSPS) is 10.4. The Bertz CT molecular complexity index is 378. The molecule has 18 heavy (non-hydrogen) atoms. The molecule has 1 rings (SSSR count). The third-order valence-electron chi connectivity index (χ3n) is 2.49. The van der Waals surface area contributed by atoms with Crippen LogP contribution in [0.1, 0.15) is 11.1 Å². The maximum absolute atomic E-state index is 11.5. The summed E-state index contributed by atoms with van der Waals surface area (Å²) in [6.07, 6.45) is -0.422. The number of rotatable bonds is 6. The monoisotopic (exact) mass is 252 g/mol. The molecule has 0 heterocycles. The first kappa shape index (κ1) is 14.5. The lowest BCUT2D eigenvalue weighted by Crippen LogP contribution is -2.40. The molecular weight excluding hydrogens is 232 g/mol. The van der Waals surface area contributed by atoms with Crippen LogP contribution in [-0.2, 0) is 16.0 Å². The van der Waals surface area contributed by atoms with Gasteiger partial charge in [0.05, 0.1) is 6.54 Å². The number of amides is 2. The summed E-state index contributed by atoms with van der Waals surface area (Å²) in [7, 11) is 3.06. The fraction of sp³-hybridized carbons (Fsp3) is 0.462. The van der Waals surface area contributed by atoms with Crippen molar-refractivity contribution in [2.45, 2.75) is 19.8 Å². The molecule has 100 valence electrons. The third-order valence-corrected chi connectivity index (χ3v) is 2.49. The van der Waals surface area contributed by atoms with Gasteiger partial charge in [-0.05, 0) is 12.5 Å². The van der Waals surface area contributed by atoms with Gasteiger partial charge >= 0.3 is 6.03 Å². The van der Waals surface area contributed by atoms with Gasteiger partial charge in [0.25, 0.3) is 0 Å². The minimum absolute atomic E-state index is 0.240. The number of ether oxygens (including phenoxy) is 2. The molecule has 0 aliphatic heterocycles. The van der Waals surface area contributed by atoms with Crippen LogP contribution in [0.15, 0.2) is 24.3 Å². The molecule has 2 amide bonds. The molecule has 0 radical (unpaired) electrons. The largest absolute Gasteiger partial charge is 0.354 e. The van der Waals surface area contributed by atoms with Gasteiger partial charge in [0.1, 0.15) is 0 Å². The number of hydrogen-bond acceptors (Lipinski definition) is 3. The predicted octanol–water partition coefficient (Wildman–Crippen LogP) is 1.41. The van der Waals surface area contributed by atoms with Crippen LogP contribution in [0.3, 0.4) is 0 Å². The van der Waals surface area contributed by atoms with Crippen LogP contribution in [0.5, 0.6) is 0 Å². The fourth-order valence-electron chi connectivity index (χ4n) is 1.51. The van der Waals surface area contributed by atoms with E-state index in [1.54, 1.807) is 0 Å². The first-order valence-corrected chi connectivity index (χ1v) is 5.78. The topological polar surface area (TPSA) is 59.6 Å². The Kier molecular flexibility index (Phi) is 6.18. The third kappa shape index (κ3) is 5.16. The highest BCUT2D eigenvalue weighted by Gasteiger charge is 2.07. The SMILES string of the molecule is COC(CNC(=O)NCc1cccc(C)c1)OC. The standard InChI is InChI=1S/C13H20N2O3/c1-10-5-4-6-11(7-10)8-14-13(16)15-9-12(17-2)18-3/h4-7,12H,8-9H2,1-3H3,(H2,14,15,16). The first-order chi connectivity index (χ1) is 8.65. The number of benzene rings is 1. The Morgan fingerprint density at radius 2 is 2.00 bits per heavy atom. The summed E-state index contributed by atoms with van der Waals surface area (Å²) >= 11 is 0. The Balaban J connectivity index is 2.29. The second-order valence-electron chi connectivity index (χ2n) is 3.95. The summed E-state index contributed by atoms with van der Waals surface area (Å²) in [5.74, 6) is 0. The zero-order chi connectivity index (χ0) is 13.4. The van der Waals surface area contributed by atoms with Crippen LogP contribution in [0.25, 0.3) is 0 Å². The Hall–Kier alpha value is -1.59. The van der Waals surface area contributed by atoms with Gasteiger partial charge in [0, 0.05) is 20.8 Å². The summed E-state index contributed by atoms with van der Waals surface area (Å²) in [5.41, 5.74) is 2.24. The highest BCUT2D eigenvalue weighted by Crippen LogP contribution is 2.02. The molecule has 0 atom stereocenters. The van der Waals surface area contributed by atoms with Crippen LogP contribution in [-0.4, -0.2) is 33.1 Å². The molecular formula is C13H20N2O3. The van der Waals surface area contributed by atoms with Crippen molar-refractivity contribution in [1.82, 2.24) is 10.6 Å². The van der Waals surface area contributed by atoms with Crippen molar-refractivity contribution in [3.8, 4) is 0 Å². The zero-order valence-corrected chi connectivity index (χ0v) is 11.0. The number of hydrogen-bond donors (Lipinski definition) is 2. The van der Waals surface area contributed by atoms with Crippen molar-refractivity contribution in [1.29, 1.82) is 0 Å². The molecule has 1 aromatic carbocycles. The molecule has 0 spiro atoms. The van der Waals surface area contributed by atoms with E-state index >= 15 is 0 Å². The number of urea groups is 1. The number of methoxy groups -OCH3 is 2. The molecule has 0 fully saturated rings. The van der Waals surface area contributed by atoms with Gasteiger partial charge in [0.2, 0.25) is 0 Å². The number of carbonyl (C=O) groups is 1. The van der Waals surface area contributed by atoms with Gasteiger partial charge < -0.3 is 20.1 Å². The lowest BCUT2D eigenvalue weighted by atomic mass is 10.1. The van der Waals surface area contributed by atoms with E-state index in [0.717, 1.165) is 5.56 Å². The van der Waals surface area contributed by atoms with Crippen molar-refractivity contribution in [2.24, 2.45) is 0 Å². The van der Waals surface area contributed by atoms with Crippen molar-refractivity contribution < 1.29 is 14.3 Å². The molecule has 5 heteroatoms. The van der Waals surface area contributed by atoms with Gasteiger partial charge in [-0.3, -0.25) is 0 Å². The number of aryl methyl sites for hydroxylation is 1. The van der Waals surface area contributed by atoms with Crippen LogP contribution >= 0.6 is 0 Å². The van der Waals surface area contributed by atoms with Crippen molar-refractivity contribution >= 4 is 6.03 Å². The lowest BCUT2D eigenvalue weighted by molar-refractivity contribution is -0.0971. The van der Waals surface area contributed by atoms with Crippen molar-refractivity contribution in [3.05, 3.63) is 35.4 Å². The highest BCUT2D eigenvalue weighted by atomic mass is 16.7. The maximum atomic E-state index is 11.5. The average molecular weight is 252 g/mol. The van der Waals surface area contributed by atoms with Gasteiger partial charge in [0.15, 0.2) is 6.29 Å². The number of nitrogens with one attached hydrogen (secondary N) is 2. The molecule has 0 aliphatic rings. The molecule has 5 nitrogen and oxygen atoms in total. The van der Waals surface area contributed by atoms with E-state index < -0.39 is 6.29 Å². The molecule has 0 unspecified atom stereocenters. The lowest BCUT2D eigenvalue weighted by Gasteiger charge is -2.14. The van der Waals surface area contributed by atoms with Crippen LogP contribution in [0.4, 0.5) is 4.79 Å². The van der Waals surface area contributed by atoms with E-state index in [0.29, 0.717) is 13.1 Å². The average Bonchev–Trinajstić information content (AvgIpc) is 2.37. The predicted molar refractivity (Wildman–Crippen MR) is 69.2 cm³/mol. The Morgan fingerprint density at radius 1 is 1.28 bits per heavy atom. The van der Waals surface area contributed by atoms with Crippen LogP contribution < -0.4 is 10.6 Å². The summed E-state index contributed by atoms with van der Waals surface area (Å²) in [4.78, 5) is 11.5. The van der Waals surface area contributed by atoms with Crippen molar-refractivity contribution in [2.75, 3.05) is 20.8 Å².